The quantitative estimate of drug-likeness (QED) is 0.129. The number of non-ortho nitro benzene ring substituents is 1. The van der Waals surface area contributed by atoms with Crippen LogP contribution in [0.15, 0.2) is 85.5 Å². The molecule has 0 radical (unpaired) electrons. The molecule has 0 atom stereocenters. The lowest BCUT2D eigenvalue weighted by atomic mass is 10.2. The lowest BCUT2D eigenvalue weighted by molar-refractivity contribution is -0.384. The first-order valence-electron chi connectivity index (χ1n) is 10.0. The van der Waals surface area contributed by atoms with Crippen molar-refractivity contribution in [3.05, 3.63) is 102 Å². The summed E-state index contributed by atoms with van der Waals surface area (Å²) in [5.41, 5.74) is 1.09. The molecule has 0 N–H and O–H groups in total. The van der Waals surface area contributed by atoms with Crippen LogP contribution >= 0.6 is 43.6 Å². The van der Waals surface area contributed by atoms with E-state index >= 15 is 0 Å². The molecule has 0 aliphatic carbocycles. The smallest absolute Gasteiger partial charge is 0.339 e. The van der Waals surface area contributed by atoms with Crippen LogP contribution in [-0.2, 0) is 21.5 Å². The van der Waals surface area contributed by atoms with E-state index < -0.39 is 20.9 Å². The summed E-state index contributed by atoms with van der Waals surface area (Å²) in [4.78, 5) is 36.5. The zero-order valence-electron chi connectivity index (χ0n) is 18.0. The molecule has 0 aromatic heterocycles. The van der Waals surface area contributed by atoms with Gasteiger partial charge in [0.15, 0.2) is 5.75 Å². The molecule has 1 fully saturated rings. The summed E-state index contributed by atoms with van der Waals surface area (Å²) in [7, 11) is -4.25. The Labute approximate surface area is 226 Å². The number of imide groups is 1. The zero-order valence-corrected chi connectivity index (χ0v) is 22.8. The van der Waals surface area contributed by atoms with E-state index in [-0.39, 0.29) is 37.5 Å². The third kappa shape index (κ3) is 5.86. The molecule has 4 rings (SSSR count). The van der Waals surface area contributed by atoms with Gasteiger partial charge in [0.05, 0.1) is 20.8 Å². The fraction of sp³-hybridized carbons (Fsp3) is 0.0435. The molecule has 0 saturated carbocycles. The number of hydrogen-bond acceptors (Lipinski definition) is 8. The van der Waals surface area contributed by atoms with Crippen molar-refractivity contribution in [1.82, 2.24) is 4.90 Å². The average molecular weight is 654 g/mol. The van der Waals surface area contributed by atoms with E-state index in [4.69, 9.17) is 4.18 Å². The Hall–Kier alpha value is -3.00. The zero-order chi connectivity index (χ0) is 26.0. The molecule has 0 spiro atoms. The van der Waals surface area contributed by atoms with E-state index in [1.807, 2.05) is 24.3 Å². The molecule has 9 nitrogen and oxygen atoms in total. The summed E-state index contributed by atoms with van der Waals surface area (Å²) >= 11 is 7.42. The minimum Gasteiger partial charge on any atom is -0.378 e. The topological polar surface area (TPSA) is 124 Å². The van der Waals surface area contributed by atoms with Gasteiger partial charge in [0, 0.05) is 16.6 Å². The normalized spacial score (nSPS) is 14.9. The van der Waals surface area contributed by atoms with E-state index in [2.05, 4.69) is 31.9 Å². The van der Waals surface area contributed by atoms with Gasteiger partial charge < -0.3 is 4.18 Å². The first-order valence-corrected chi connectivity index (χ1v) is 13.8. The summed E-state index contributed by atoms with van der Waals surface area (Å²) in [6.07, 6.45) is 1.53. The van der Waals surface area contributed by atoms with Crippen LogP contribution in [0.2, 0.25) is 0 Å². The maximum Gasteiger partial charge on any atom is 0.339 e. The van der Waals surface area contributed by atoms with Crippen LogP contribution in [0.3, 0.4) is 0 Å². The number of nitrogens with zero attached hydrogens (tertiary/aromatic N) is 2. The van der Waals surface area contributed by atoms with E-state index in [0.29, 0.717) is 5.56 Å². The molecular formula is C23H14Br2N2O7S2. The Morgan fingerprint density at radius 2 is 1.67 bits per heavy atom. The van der Waals surface area contributed by atoms with E-state index in [1.165, 1.54) is 18.2 Å². The average Bonchev–Trinajstić information content (AvgIpc) is 3.09. The van der Waals surface area contributed by atoms with Crippen molar-refractivity contribution in [1.29, 1.82) is 0 Å². The molecule has 0 bridgehead atoms. The summed E-state index contributed by atoms with van der Waals surface area (Å²) in [5, 5.41) is 10.4. The SMILES string of the molecule is O=C1S/C(=C\c2ccc(OS(=O)(=O)c3ccc([N+](=O)[O-])cc3)c(Br)c2)C(=O)N1Cc1ccc(Br)cc1. The van der Waals surface area contributed by atoms with Gasteiger partial charge in [0.25, 0.3) is 16.8 Å². The molecule has 1 heterocycles. The van der Waals surface area contributed by atoms with Gasteiger partial charge in [-0.1, -0.05) is 34.1 Å². The number of hydrogen-bond donors (Lipinski definition) is 0. The number of nitro benzene ring substituents is 1. The first kappa shape index (κ1) is 26.1. The standard InChI is InChI=1S/C23H14Br2N2O7S2/c24-16-4-1-14(2-5-16)13-26-22(28)21(35-23(26)29)12-15-3-10-20(19(25)11-15)34-36(32,33)18-8-6-17(7-9-18)27(30)31/h1-12H,13H2/b21-12-. The van der Waals surface area contributed by atoms with Gasteiger partial charge >= 0.3 is 10.1 Å². The molecule has 1 saturated heterocycles. The van der Waals surface area contributed by atoms with E-state index in [1.54, 1.807) is 6.07 Å². The highest BCUT2D eigenvalue weighted by Gasteiger charge is 2.35. The highest BCUT2D eigenvalue weighted by molar-refractivity contribution is 9.10. The van der Waals surface area contributed by atoms with Crippen LogP contribution in [0.4, 0.5) is 10.5 Å². The van der Waals surface area contributed by atoms with E-state index in [0.717, 1.165) is 51.0 Å². The number of halogens is 2. The molecule has 3 aromatic carbocycles. The van der Waals surface area contributed by atoms with Crippen molar-refractivity contribution in [2.45, 2.75) is 11.4 Å². The number of nitro groups is 1. The van der Waals surface area contributed by atoms with Gasteiger partial charge in [0.2, 0.25) is 0 Å². The summed E-state index contributed by atoms with van der Waals surface area (Å²) in [6, 6.07) is 16.1. The van der Waals surface area contributed by atoms with Crippen molar-refractivity contribution in [2.24, 2.45) is 0 Å². The van der Waals surface area contributed by atoms with Gasteiger partial charge in [0.1, 0.15) is 4.90 Å². The highest BCUT2D eigenvalue weighted by atomic mass is 79.9. The summed E-state index contributed by atoms with van der Waals surface area (Å²) < 4.78 is 31.5. The lowest BCUT2D eigenvalue weighted by Crippen LogP contribution is -2.27. The summed E-state index contributed by atoms with van der Waals surface area (Å²) in [6.45, 7) is 0.145. The second kappa shape index (κ2) is 10.5. The summed E-state index contributed by atoms with van der Waals surface area (Å²) in [5.74, 6) is -0.445. The monoisotopic (exact) mass is 652 g/mol. The van der Waals surface area contributed by atoms with Crippen LogP contribution in [0.25, 0.3) is 6.08 Å². The minimum atomic E-state index is -4.25. The van der Waals surface area contributed by atoms with Crippen LogP contribution < -0.4 is 4.18 Å². The number of rotatable bonds is 7. The number of carbonyl (C=O) groups excluding carboxylic acids is 2. The maximum absolute atomic E-state index is 12.8. The van der Waals surface area contributed by atoms with Crippen LogP contribution in [0.1, 0.15) is 11.1 Å². The number of thioether (sulfide) groups is 1. The van der Waals surface area contributed by atoms with Crippen molar-refractivity contribution < 1.29 is 27.1 Å². The molecule has 13 heteroatoms. The number of benzene rings is 3. The molecule has 36 heavy (non-hydrogen) atoms. The predicted molar refractivity (Wildman–Crippen MR) is 141 cm³/mol. The molecule has 2 amide bonds. The third-order valence-electron chi connectivity index (χ3n) is 4.92. The van der Waals surface area contributed by atoms with Gasteiger partial charge in [-0.3, -0.25) is 24.6 Å². The van der Waals surface area contributed by atoms with Crippen LogP contribution in [0, 0.1) is 10.1 Å². The Bertz CT molecular complexity index is 1510. The fourth-order valence-electron chi connectivity index (χ4n) is 3.14. The molecule has 3 aromatic rings. The number of amides is 2. The molecule has 0 unspecified atom stereocenters. The second-order valence-electron chi connectivity index (χ2n) is 7.37. The first-order chi connectivity index (χ1) is 17.0. The van der Waals surface area contributed by atoms with Crippen LogP contribution in [-0.4, -0.2) is 29.4 Å². The molecule has 1 aliphatic rings. The van der Waals surface area contributed by atoms with Crippen molar-refractivity contribution in [3.8, 4) is 5.75 Å². The highest BCUT2D eigenvalue weighted by Crippen LogP contribution is 2.35. The van der Waals surface area contributed by atoms with Crippen molar-refractivity contribution in [2.75, 3.05) is 0 Å². The Balaban J connectivity index is 1.50. The second-order valence-corrected chi connectivity index (χ2v) is 11.7. The Morgan fingerprint density at radius 1 is 1.00 bits per heavy atom. The Kier molecular flexibility index (Phi) is 7.64. The number of carbonyl (C=O) groups is 2. The third-order valence-corrected chi connectivity index (χ3v) is 8.22. The van der Waals surface area contributed by atoms with Crippen molar-refractivity contribution in [3.63, 3.8) is 0 Å². The van der Waals surface area contributed by atoms with Gasteiger partial charge in [-0.15, -0.1) is 0 Å². The van der Waals surface area contributed by atoms with Gasteiger partial charge in [-0.2, -0.15) is 8.42 Å². The van der Waals surface area contributed by atoms with Gasteiger partial charge in [-0.25, -0.2) is 0 Å². The van der Waals surface area contributed by atoms with E-state index in [9.17, 15) is 28.1 Å². The van der Waals surface area contributed by atoms with Crippen LogP contribution in [0.5, 0.6) is 5.75 Å². The fourth-order valence-corrected chi connectivity index (χ4v) is 5.77. The lowest BCUT2D eigenvalue weighted by Gasteiger charge is -2.12. The molecule has 1 aliphatic heterocycles. The Morgan fingerprint density at radius 3 is 2.28 bits per heavy atom. The molecular weight excluding hydrogens is 640 g/mol. The minimum absolute atomic E-state index is 0.0196. The maximum atomic E-state index is 12.8. The predicted octanol–water partition coefficient (Wildman–Crippen LogP) is 6.12. The van der Waals surface area contributed by atoms with Crippen molar-refractivity contribution >= 4 is 76.6 Å². The van der Waals surface area contributed by atoms with Gasteiger partial charge in [-0.05, 0) is 81.3 Å². The largest absolute Gasteiger partial charge is 0.378 e. The molecule has 184 valence electrons.